The van der Waals surface area contributed by atoms with Gasteiger partial charge in [0.1, 0.15) is 11.5 Å². The van der Waals surface area contributed by atoms with Crippen LogP contribution in [0.5, 0.6) is 23.0 Å². The topological polar surface area (TPSA) is 60.5 Å². The number of hydrogen-bond acceptors (Lipinski definition) is 6. The van der Waals surface area contributed by atoms with Gasteiger partial charge in [-0.15, -0.1) is 0 Å². The lowest BCUT2D eigenvalue weighted by Crippen LogP contribution is -2.40. The molecule has 35 heavy (non-hydrogen) atoms. The second kappa shape index (κ2) is 11.2. The number of benzene rings is 2. The molecular formula is C28H36N2O5. The number of likely N-dealkylation sites (tertiary alicyclic amines) is 1. The van der Waals surface area contributed by atoms with Gasteiger partial charge in [0.2, 0.25) is 12.7 Å². The van der Waals surface area contributed by atoms with Crippen LogP contribution < -0.4 is 18.9 Å². The van der Waals surface area contributed by atoms with E-state index >= 15 is 0 Å². The Balaban J connectivity index is 1.11. The number of methoxy groups -OCH3 is 1. The average Bonchev–Trinajstić information content (AvgIpc) is 3.17. The third-order valence-corrected chi connectivity index (χ3v) is 7.34. The summed E-state index contributed by atoms with van der Waals surface area (Å²) in [5.41, 5.74) is 2.23. The summed E-state index contributed by atoms with van der Waals surface area (Å²) >= 11 is 0. The van der Waals surface area contributed by atoms with E-state index in [1.807, 2.05) is 36.4 Å². The fourth-order valence-corrected chi connectivity index (χ4v) is 5.48. The maximum Gasteiger partial charge on any atom is 0.231 e. The molecule has 0 aromatic heterocycles. The van der Waals surface area contributed by atoms with E-state index in [1.54, 1.807) is 7.11 Å². The minimum Gasteiger partial charge on any atom is -0.497 e. The Kier molecular flexibility index (Phi) is 7.62. The number of amides is 1. The summed E-state index contributed by atoms with van der Waals surface area (Å²) in [5.74, 6) is 4.10. The minimum absolute atomic E-state index is 0.228. The lowest BCUT2D eigenvalue weighted by atomic mass is 10.0. The molecule has 1 fully saturated rings. The zero-order chi connectivity index (χ0) is 24.0. The normalized spacial score (nSPS) is 20.2. The average molecular weight is 481 g/mol. The lowest BCUT2D eigenvalue weighted by Gasteiger charge is -2.29. The number of hydrogen-bond donors (Lipinski definition) is 0. The number of carbonyl (C=O) groups excluding carboxylic acids is 1. The smallest absolute Gasteiger partial charge is 0.231 e. The highest BCUT2D eigenvalue weighted by atomic mass is 16.7. The predicted molar refractivity (Wildman–Crippen MR) is 133 cm³/mol. The molecule has 0 saturated carbocycles. The molecule has 0 spiro atoms. The SMILES string of the molecule is COc1ccc(OCCCN2CCCCC(CN3CCc4c(ccc5c4OCO5)CC3=O)C2)cc1. The number of ether oxygens (including phenoxy) is 4. The summed E-state index contributed by atoms with van der Waals surface area (Å²) in [6.07, 6.45) is 5.90. The molecule has 3 aliphatic heterocycles. The molecule has 3 heterocycles. The molecule has 7 nitrogen and oxygen atoms in total. The fourth-order valence-electron chi connectivity index (χ4n) is 5.48. The number of nitrogens with zero attached hydrogens (tertiary/aromatic N) is 2. The van der Waals surface area contributed by atoms with Crippen LogP contribution in [0, 0.1) is 5.92 Å². The van der Waals surface area contributed by atoms with Crippen molar-refractivity contribution in [3.05, 3.63) is 47.5 Å². The van der Waals surface area contributed by atoms with Gasteiger partial charge in [0.05, 0.1) is 20.1 Å². The van der Waals surface area contributed by atoms with Gasteiger partial charge in [0, 0.05) is 31.7 Å². The molecule has 0 bridgehead atoms. The zero-order valence-electron chi connectivity index (χ0n) is 20.7. The highest BCUT2D eigenvalue weighted by Gasteiger charge is 2.29. The van der Waals surface area contributed by atoms with Gasteiger partial charge in [0.25, 0.3) is 0 Å². The second-order valence-electron chi connectivity index (χ2n) is 9.74. The standard InChI is InChI=1S/C28H36N2O5/c1-32-23-7-9-24(10-8-23)33-16-4-14-29-13-3-2-5-21(18-29)19-30-15-12-25-22(17-27(30)31)6-11-26-28(25)35-20-34-26/h6-11,21H,2-5,12-20H2,1H3. The maximum absolute atomic E-state index is 13.1. The summed E-state index contributed by atoms with van der Waals surface area (Å²) in [5, 5.41) is 0. The van der Waals surface area contributed by atoms with Gasteiger partial charge in [-0.25, -0.2) is 0 Å². The van der Waals surface area contributed by atoms with Crippen molar-refractivity contribution in [1.29, 1.82) is 0 Å². The van der Waals surface area contributed by atoms with E-state index in [2.05, 4.69) is 9.80 Å². The van der Waals surface area contributed by atoms with Crippen molar-refractivity contribution >= 4 is 5.91 Å². The van der Waals surface area contributed by atoms with E-state index in [-0.39, 0.29) is 12.7 Å². The Hall–Kier alpha value is -2.93. The molecule has 1 atom stereocenters. The Morgan fingerprint density at radius 1 is 1.03 bits per heavy atom. The van der Waals surface area contributed by atoms with Crippen LogP contribution in [0.1, 0.15) is 36.8 Å². The van der Waals surface area contributed by atoms with E-state index in [1.165, 1.54) is 19.3 Å². The van der Waals surface area contributed by atoms with Gasteiger partial charge < -0.3 is 28.7 Å². The molecule has 2 aromatic carbocycles. The molecule has 5 rings (SSSR count). The molecule has 1 saturated heterocycles. The first-order valence-corrected chi connectivity index (χ1v) is 12.9. The summed E-state index contributed by atoms with van der Waals surface area (Å²) < 4.78 is 22.4. The van der Waals surface area contributed by atoms with Crippen molar-refractivity contribution in [3.8, 4) is 23.0 Å². The third kappa shape index (κ3) is 5.84. The van der Waals surface area contributed by atoms with Crippen molar-refractivity contribution in [2.24, 2.45) is 5.92 Å². The summed E-state index contributed by atoms with van der Waals surface area (Å²) in [7, 11) is 1.67. The van der Waals surface area contributed by atoms with E-state index in [0.717, 1.165) is 79.7 Å². The number of rotatable bonds is 8. The van der Waals surface area contributed by atoms with Crippen molar-refractivity contribution in [2.75, 3.05) is 53.2 Å². The van der Waals surface area contributed by atoms with Gasteiger partial charge in [-0.3, -0.25) is 4.79 Å². The first-order chi connectivity index (χ1) is 17.2. The van der Waals surface area contributed by atoms with Gasteiger partial charge in [0.15, 0.2) is 11.5 Å². The minimum atomic E-state index is 0.228. The van der Waals surface area contributed by atoms with Crippen LogP contribution in [0.2, 0.25) is 0 Å². The first-order valence-electron chi connectivity index (χ1n) is 12.9. The van der Waals surface area contributed by atoms with Crippen LogP contribution in [-0.2, 0) is 17.6 Å². The monoisotopic (exact) mass is 480 g/mol. The number of carbonyl (C=O) groups is 1. The first kappa shape index (κ1) is 23.8. The Labute approximate surface area is 207 Å². The molecule has 2 aromatic rings. The molecule has 0 aliphatic carbocycles. The molecule has 0 N–H and O–H groups in total. The lowest BCUT2D eigenvalue weighted by molar-refractivity contribution is -0.130. The molecule has 1 amide bonds. The largest absolute Gasteiger partial charge is 0.497 e. The second-order valence-corrected chi connectivity index (χ2v) is 9.74. The molecule has 188 valence electrons. The number of fused-ring (bicyclic) bond motifs is 3. The Morgan fingerprint density at radius 2 is 1.89 bits per heavy atom. The van der Waals surface area contributed by atoms with E-state index in [0.29, 0.717) is 18.9 Å². The van der Waals surface area contributed by atoms with Crippen LogP contribution in [0.3, 0.4) is 0 Å². The van der Waals surface area contributed by atoms with E-state index < -0.39 is 0 Å². The quantitative estimate of drug-likeness (QED) is 0.534. The van der Waals surface area contributed by atoms with Gasteiger partial charge >= 0.3 is 0 Å². The molecule has 0 radical (unpaired) electrons. The van der Waals surface area contributed by atoms with Crippen molar-refractivity contribution < 1.29 is 23.7 Å². The summed E-state index contributed by atoms with van der Waals surface area (Å²) in [6, 6.07) is 11.7. The molecule has 1 unspecified atom stereocenters. The van der Waals surface area contributed by atoms with Crippen LogP contribution in [0.25, 0.3) is 0 Å². The van der Waals surface area contributed by atoms with Crippen LogP contribution in [0.4, 0.5) is 0 Å². The third-order valence-electron chi connectivity index (χ3n) is 7.34. The Bertz CT molecular complexity index is 1010. The van der Waals surface area contributed by atoms with Gasteiger partial charge in [-0.2, -0.15) is 0 Å². The molecular weight excluding hydrogens is 444 g/mol. The summed E-state index contributed by atoms with van der Waals surface area (Å²) in [4.78, 5) is 17.8. The van der Waals surface area contributed by atoms with Crippen LogP contribution in [-0.4, -0.2) is 68.9 Å². The fraction of sp³-hybridized carbons (Fsp3) is 0.536. The maximum atomic E-state index is 13.1. The highest BCUT2D eigenvalue weighted by Crippen LogP contribution is 2.39. The van der Waals surface area contributed by atoms with Gasteiger partial charge in [-0.1, -0.05) is 12.5 Å². The highest BCUT2D eigenvalue weighted by molar-refractivity contribution is 5.80. The van der Waals surface area contributed by atoms with Crippen molar-refractivity contribution in [1.82, 2.24) is 9.80 Å². The molecule has 3 aliphatic rings. The van der Waals surface area contributed by atoms with Crippen LogP contribution in [0.15, 0.2) is 36.4 Å². The van der Waals surface area contributed by atoms with Crippen molar-refractivity contribution in [2.45, 2.75) is 38.5 Å². The predicted octanol–water partition coefficient (Wildman–Crippen LogP) is 3.92. The van der Waals surface area contributed by atoms with Crippen molar-refractivity contribution in [3.63, 3.8) is 0 Å². The Morgan fingerprint density at radius 3 is 2.74 bits per heavy atom. The molecule has 7 heteroatoms. The van der Waals surface area contributed by atoms with E-state index in [9.17, 15) is 4.79 Å². The van der Waals surface area contributed by atoms with E-state index in [4.69, 9.17) is 18.9 Å². The summed E-state index contributed by atoms with van der Waals surface area (Å²) in [6.45, 7) is 5.76. The zero-order valence-corrected chi connectivity index (χ0v) is 20.7. The van der Waals surface area contributed by atoms with Gasteiger partial charge in [-0.05, 0) is 74.0 Å². The van der Waals surface area contributed by atoms with Crippen LogP contribution >= 0.6 is 0 Å².